The van der Waals surface area contributed by atoms with Gasteiger partial charge in [-0.05, 0) is 0 Å². The quantitative estimate of drug-likeness (QED) is 0.366. The normalized spacial score (nSPS) is 8.31. The standard InChI is InChI=1S/3ClO3.Er/c3*2-1(3)4;/q3*-1;+3. The molecule has 9 nitrogen and oxygen atoms in total. The molecule has 13 heavy (non-hydrogen) atoms. The molecule has 0 spiro atoms. The fraction of sp³-hybridized carbons (Fsp3) is 0. The molecule has 0 N–H and O–H groups in total. The molecule has 1 radical (unpaired) electrons. The summed E-state index contributed by atoms with van der Waals surface area (Å²) >= 11 is 0. The zero-order valence-electron chi connectivity index (χ0n) is 5.10. The second kappa shape index (κ2) is 19.3. The molecule has 0 bridgehead atoms. The van der Waals surface area contributed by atoms with Crippen molar-refractivity contribution in [2.24, 2.45) is 0 Å². The monoisotopic (exact) mass is 415 g/mol. The van der Waals surface area contributed by atoms with Crippen LogP contribution < -0.4 is 41.9 Å². The molecule has 0 rings (SSSR count). The molecule has 0 saturated carbocycles. The van der Waals surface area contributed by atoms with Gasteiger partial charge in [0.25, 0.3) is 0 Å². The van der Waals surface area contributed by atoms with Gasteiger partial charge in [0.15, 0.2) is 0 Å². The van der Waals surface area contributed by atoms with Crippen molar-refractivity contribution in [3.05, 3.63) is 0 Å². The van der Waals surface area contributed by atoms with Crippen LogP contribution in [0.1, 0.15) is 0 Å². The van der Waals surface area contributed by atoms with Crippen molar-refractivity contribution in [2.75, 3.05) is 0 Å². The third kappa shape index (κ3) is 616. The Balaban J connectivity index is -0.0000000450. The molecule has 0 aromatic heterocycles. The fourth-order valence-electron chi connectivity index (χ4n) is 0. The maximum absolute atomic E-state index is 8.41. The van der Waals surface area contributed by atoms with E-state index >= 15 is 0 Å². The van der Waals surface area contributed by atoms with Crippen molar-refractivity contribution < 1.29 is 112 Å². The summed E-state index contributed by atoms with van der Waals surface area (Å²) in [5, 5.41) is 0. The predicted molar refractivity (Wildman–Crippen MR) is 0 cm³/mol. The smallest absolute Gasteiger partial charge is 0.357 e. The minimum absolute atomic E-state index is 0. The summed E-state index contributed by atoms with van der Waals surface area (Å²) in [6.07, 6.45) is 0. The minimum atomic E-state index is -2.85. The molecule has 0 saturated heterocycles. The Kier molecular flexibility index (Phi) is 35.9. The Labute approximate surface area is 111 Å². The number of hydrogen-bond donors (Lipinski definition) is 0. The molecule has 0 amide bonds. The zero-order chi connectivity index (χ0) is 10.7. The van der Waals surface area contributed by atoms with Crippen molar-refractivity contribution in [3.8, 4) is 0 Å². The van der Waals surface area contributed by atoms with Gasteiger partial charge in [-0.25, -0.2) is 0 Å². The Bertz CT molecular complexity index is 43.4. The second-order valence-electron chi connectivity index (χ2n) is 0.567. The molecular formula is Cl3ErO9. The Morgan fingerprint density at radius 2 is 0.385 bits per heavy atom. The molecule has 0 aliphatic heterocycles. The predicted octanol–water partition coefficient (Wildman–Crippen LogP) is -10.7. The van der Waals surface area contributed by atoms with Crippen molar-refractivity contribution in [1.29, 1.82) is 0 Å². The summed E-state index contributed by atoms with van der Waals surface area (Å²) in [5.74, 6) is 0. The molecule has 0 aliphatic rings. The second-order valence-corrected chi connectivity index (χ2v) is 1.70. The van der Waals surface area contributed by atoms with E-state index in [2.05, 4.69) is 0 Å². The molecule has 0 atom stereocenters. The topological polar surface area (TPSA) is 208 Å². The van der Waals surface area contributed by atoms with Crippen LogP contribution in [-0.2, 0) is 0 Å². The van der Waals surface area contributed by atoms with Crippen LogP contribution in [-0.4, -0.2) is 0 Å². The first kappa shape index (κ1) is 24.1. The minimum Gasteiger partial charge on any atom is -0.357 e. The summed E-state index contributed by atoms with van der Waals surface area (Å²) in [5.41, 5.74) is 0. The van der Waals surface area contributed by atoms with Gasteiger partial charge >= 0.3 is 37.3 Å². The van der Waals surface area contributed by atoms with E-state index in [0.29, 0.717) is 0 Å². The van der Waals surface area contributed by atoms with Crippen LogP contribution in [0.4, 0.5) is 0 Å². The van der Waals surface area contributed by atoms with Crippen LogP contribution in [0.25, 0.3) is 0 Å². The van der Waals surface area contributed by atoms with Crippen molar-refractivity contribution in [3.63, 3.8) is 0 Å². The van der Waals surface area contributed by atoms with Gasteiger partial charge in [-0.3, -0.25) is 0 Å². The molecule has 0 heterocycles. The van der Waals surface area contributed by atoms with E-state index in [0.717, 1.165) is 0 Å². The Morgan fingerprint density at radius 1 is 0.385 bits per heavy atom. The fourth-order valence-corrected chi connectivity index (χ4v) is 0. The van der Waals surface area contributed by atoms with Crippen LogP contribution in [0.15, 0.2) is 0 Å². The van der Waals surface area contributed by atoms with Crippen LogP contribution in [0, 0.1) is 69.7 Å². The van der Waals surface area contributed by atoms with E-state index in [1.165, 1.54) is 0 Å². The van der Waals surface area contributed by atoms with E-state index in [1.807, 2.05) is 0 Å². The summed E-state index contributed by atoms with van der Waals surface area (Å²) in [6.45, 7) is 0. The SMILES string of the molecule is [Er+3].[O-][Cl+2]([O-])[O-].[O-][Cl+2]([O-])[O-].[O-][Cl+2]([O-])[O-]. The zero-order valence-corrected chi connectivity index (χ0v) is 9.22. The maximum Gasteiger partial charge on any atom is 3.00 e. The van der Waals surface area contributed by atoms with Crippen molar-refractivity contribution >= 4 is 0 Å². The van der Waals surface area contributed by atoms with Crippen LogP contribution in [0.3, 0.4) is 0 Å². The molecular weight excluding hydrogens is 418 g/mol. The van der Waals surface area contributed by atoms with E-state index in [4.69, 9.17) is 41.9 Å². The molecule has 0 unspecified atom stereocenters. The van der Waals surface area contributed by atoms with Gasteiger partial charge in [-0.15, -0.1) is 0 Å². The van der Waals surface area contributed by atoms with Gasteiger partial charge < -0.3 is 41.9 Å². The first-order valence-electron chi connectivity index (χ1n) is 1.39. The molecule has 0 fully saturated rings. The summed E-state index contributed by atoms with van der Waals surface area (Å²) in [7, 11) is -8.56. The molecule has 0 aliphatic carbocycles. The van der Waals surface area contributed by atoms with Gasteiger partial charge in [0.1, 0.15) is 0 Å². The average Bonchev–Trinajstić information content (AvgIpc) is 1.54. The summed E-state index contributed by atoms with van der Waals surface area (Å²) in [6, 6.07) is 0. The van der Waals surface area contributed by atoms with E-state index in [-0.39, 0.29) is 37.3 Å². The number of halogens is 3. The van der Waals surface area contributed by atoms with E-state index < -0.39 is 32.4 Å². The summed E-state index contributed by atoms with van der Waals surface area (Å²) in [4.78, 5) is 0. The van der Waals surface area contributed by atoms with Gasteiger partial charge in [-0.2, -0.15) is 0 Å². The maximum atomic E-state index is 8.41. The van der Waals surface area contributed by atoms with Crippen molar-refractivity contribution in [2.45, 2.75) is 0 Å². The largest absolute Gasteiger partial charge is 3.00 e. The van der Waals surface area contributed by atoms with Gasteiger partial charge in [0.2, 0.25) is 0 Å². The third-order valence-electron chi connectivity index (χ3n) is 0. The first-order valence-corrected chi connectivity index (χ1v) is 4.17. The molecule has 0 aromatic carbocycles. The van der Waals surface area contributed by atoms with Gasteiger partial charge in [0, 0.05) is 0 Å². The Morgan fingerprint density at radius 3 is 0.385 bits per heavy atom. The third-order valence-corrected chi connectivity index (χ3v) is 0. The number of hydrogen-bond acceptors (Lipinski definition) is 9. The average molecular weight is 418 g/mol. The summed E-state index contributed by atoms with van der Waals surface area (Å²) < 4.78 is 75.7. The van der Waals surface area contributed by atoms with Crippen LogP contribution in [0.5, 0.6) is 0 Å². The van der Waals surface area contributed by atoms with E-state index in [9.17, 15) is 0 Å². The van der Waals surface area contributed by atoms with Crippen LogP contribution in [0.2, 0.25) is 0 Å². The number of rotatable bonds is 0. The molecule has 87 valence electrons. The van der Waals surface area contributed by atoms with Crippen molar-refractivity contribution in [1.82, 2.24) is 0 Å². The molecule has 13 heteroatoms. The molecule has 0 aromatic rings. The first-order chi connectivity index (χ1) is 5.20. The van der Waals surface area contributed by atoms with E-state index in [1.54, 1.807) is 0 Å². The van der Waals surface area contributed by atoms with Crippen LogP contribution >= 0.6 is 0 Å². The van der Waals surface area contributed by atoms with Gasteiger partial charge in [-0.1, -0.05) is 0 Å². The Hall–Kier alpha value is 1.76. The van der Waals surface area contributed by atoms with Gasteiger partial charge in [0.05, 0.1) is 32.4 Å².